The second-order valence-electron chi connectivity index (χ2n) is 4.15. The average molecular weight is 237 g/mol. The maximum atomic E-state index is 11.2. The minimum Gasteiger partial charge on any atom is -0.356 e. The van der Waals surface area contributed by atoms with Crippen molar-refractivity contribution in [3.05, 3.63) is 0 Å². The molecular weight excluding hydrogens is 212 g/mol. The molecule has 0 aromatic rings. The molecule has 0 radical (unpaired) electrons. The molecule has 0 saturated heterocycles. The molecule has 0 bridgehead atoms. The number of amides is 1. The van der Waals surface area contributed by atoms with E-state index in [1.807, 2.05) is 0 Å². The molecule has 0 aliphatic rings. The highest BCUT2D eigenvalue weighted by atomic mass is 35.5. The minimum absolute atomic E-state index is 0. The van der Waals surface area contributed by atoms with E-state index in [4.69, 9.17) is 5.73 Å². The van der Waals surface area contributed by atoms with E-state index in [2.05, 4.69) is 19.2 Å². The van der Waals surface area contributed by atoms with Crippen molar-refractivity contribution in [2.75, 3.05) is 13.1 Å². The van der Waals surface area contributed by atoms with Crippen molar-refractivity contribution in [1.29, 1.82) is 0 Å². The number of hydrogen-bond acceptors (Lipinski definition) is 2. The first-order valence-electron chi connectivity index (χ1n) is 5.63. The maximum Gasteiger partial charge on any atom is 0.220 e. The lowest BCUT2D eigenvalue weighted by Crippen LogP contribution is -2.26. The van der Waals surface area contributed by atoms with Crippen LogP contribution in [0.4, 0.5) is 0 Å². The summed E-state index contributed by atoms with van der Waals surface area (Å²) in [7, 11) is 0. The summed E-state index contributed by atoms with van der Waals surface area (Å²) >= 11 is 0. The summed E-state index contributed by atoms with van der Waals surface area (Å²) in [6, 6.07) is 0. The maximum absolute atomic E-state index is 11.2. The molecule has 15 heavy (non-hydrogen) atoms. The van der Waals surface area contributed by atoms with E-state index in [0.717, 1.165) is 38.8 Å². The number of halogens is 1. The second-order valence-corrected chi connectivity index (χ2v) is 4.15. The molecule has 92 valence electrons. The Hall–Kier alpha value is -0.280. The van der Waals surface area contributed by atoms with Crippen LogP contribution in [0.1, 0.15) is 46.0 Å². The summed E-state index contributed by atoms with van der Waals surface area (Å²) in [6.07, 6.45) is 5.00. The number of unbranched alkanes of at least 4 members (excludes halogenated alkanes) is 3. The van der Waals surface area contributed by atoms with E-state index in [9.17, 15) is 4.79 Å². The van der Waals surface area contributed by atoms with Gasteiger partial charge < -0.3 is 11.1 Å². The monoisotopic (exact) mass is 236 g/mol. The van der Waals surface area contributed by atoms with Gasteiger partial charge in [-0.1, -0.05) is 26.7 Å². The molecule has 0 aromatic carbocycles. The molecule has 0 spiro atoms. The fourth-order valence-electron chi connectivity index (χ4n) is 1.19. The highest BCUT2D eigenvalue weighted by molar-refractivity contribution is 5.85. The molecule has 0 atom stereocenters. The van der Waals surface area contributed by atoms with Gasteiger partial charge in [-0.05, 0) is 25.3 Å². The number of rotatable bonds is 8. The molecule has 0 aliphatic heterocycles. The van der Waals surface area contributed by atoms with E-state index < -0.39 is 0 Å². The van der Waals surface area contributed by atoms with Gasteiger partial charge in [-0.3, -0.25) is 4.79 Å². The summed E-state index contributed by atoms with van der Waals surface area (Å²) in [5.41, 5.74) is 5.37. The number of carbonyl (C=O) groups excluding carboxylic acids is 1. The summed E-state index contributed by atoms with van der Waals surface area (Å²) in [6.45, 7) is 5.75. The third-order valence-electron chi connectivity index (χ3n) is 2.07. The topological polar surface area (TPSA) is 55.1 Å². The molecule has 0 aliphatic carbocycles. The first kappa shape index (κ1) is 17.1. The van der Waals surface area contributed by atoms with Crippen LogP contribution >= 0.6 is 12.4 Å². The Balaban J connectivity index is 0. The SMILES string of the molecule is CC(C)CNC(=O)CCCCCCN.Cl. The van der Waals surface area contributed by atoms with E-state index in [0.29, 0.717) is 12.3 Å². The van der Waals surface area contributed by atoms with Gasteiger partial charge in [0.1, 0.15) is 0 Å². The van der Waals surface area contributed by atoms with Gasteiger partial charge in [-0.15, -0.1) is 12.4 Å². The highest BCUT2D eigenvalue weighted by Gasteiger charge is 2.01. The fourth-order valence-corrected chi connectivity index (χ4v) is 1.19. The van der Waals surface area contributed by atoms with E-state index in [-0.39, 0.29) is 18.3 Å². The zero-order chi connectivity index (χ0) is 10.8. The van der Waals surface area contributed by atoms with Gasteiger partial charge in [0, 0.05) is 13.0 Å². The molecule has 0 unspecified atom stereocenters. The quantitative estimate of drug-likeness (QED) is 0.634. The standard InChI is InChI=1S/C11H24N2O.ClH/c1-10(2)9-13-11(14)7-5-3-4-6-8-12;/h10H,3-9,12H2,1-2H3,(H,13,14);1H. The molecule has 1 amide bonds. The first-order valence-corrected chi connectivity index (χ1v) is 5.63. The van der Waals surface area contributed by atoms with Gasteiger partial charge in [0.25, 0.3) is 0 Å². The third kappa shape index (κ3) is 13.7. The predicted molar refractivity (Wildman–Crippen MR) is 67.2 cm³/mol. The largest absolute Gasteiger partial charge is 0.356 e. The van der Waals surface area contributed by atoms with Crippen molar-refractivity contribution in [1.82, 2.24) is 5.32 Å². The molecule has 0 aromatic heterocycles. The zero-order valence-electron chi connectivity index (χ0n) is 9.92. The van der Waals surface area contributed by atoms with Crippen molar-refractivity contribution in [2.24, 2.45) is 11.7 Å². The van der Waals surface area contributed by atoms with Gasteiger partial charge in [0.2, 0.25) is 5.91 Å². The van der Waals surface area contributed by atoms with E-state index in [1.165, 1.54) is 0 Å². The molecule has 4 heteroatoms. The van der Waals surface area contributed by atoms with Crippen LogP contribution in [0.5, 0.6) is 0 Å². The van der Waals surface area contributed by atoms with Gasteiger partial charge in [-0.2, -0.15) is 0 Å². The molecular formula is C11H25ClN2O. The molecule has 3 N–H and O–H groups in total. The van der Waals surface area contributed by atoms with Crippen LogP contribution in [0.25, 0.3) is 0 Å². The Morgan fingerprint density at radius 3 is 2.33 bits per heavy atom. The summed E-state index contributed by atoms with van der Waals surface area (Å²) < 4.78 is 0. The van der Waals surface area contributed by atoms with Crippen LogP contribution in [0, 0.1) is 5.92 Å². The Morgan fingerprint density at radius 2 is 1.80 bits per heavy atom. The predicted octanol–water partition coefficient (Wildman–Crippen LogP) is 2.09. The average Bonchev–Trinajstić information content (AvgIpc) is 2.14. The lowest BCUT2D eigenvalue weighted by molar-refractivity contribution is -0.121. The normalized spacial score (nSPS) is 9.87. The van der Waals surface area contributed by atoms with Gasteiger partial charge >= 0.3 is 0 Å². The fraction of sp³-hybridized carbons (Fsp3) is 0.909. The third-order valence-corrected chi connectivity index (χ3v) is 2.07. The Morgan fingerprint density at radius 1 is 1.20 bits per heavy atom. The van der Waals surface area contributed by atoms with Gasteiger partial charge in [0.05, 0.1) is 0 Å². The van der Waals surface area contributed by atoms with E-state index >= 15 is 0 Å². The molecule has 0 rings (SSSR count). The summed E-state index contributed by atoms with van der Waals surface area (Å²) in [5, 5.41) is 2.91. The number of nitrogens with one attached hydrogen (secondary N) is 1. The smallest absolute Gasteiger partial charge is 0.220 e. The van der Waals surface area contributed by atoms with Crippen LogP contribution in [0.15, 0.2) is 0 Å². The lowest BCUT2D eigenvalue weighted by atomic mass is 10.1. The van der Waals surface area contributed by atoms with Crippen molar-refractivity contribution in [2.45, 2.75) is 46.0 Å². The van der Waals surface area contributed by atoms with Gasteiger partial charge in [-0.25, -0.2) is 0 Å². The van der Waals surface area contributed by atoms with E-state index in [1.54, 1.807) is 0 Å². The van der Waals surface area contributed by atoms with Crippen molar-refractivity contribution in [3.8, 4) is 0 Å². The minimum atomic E-state index is 0. The number of hydrogen-bond donors (Lipinski definition) is 2. The van der Waals surface area contributed by atoms with Crippen LogP contribution in [-0.2, 0) is 4.79 Å². The Kier molecular flexibility index (Phi) is 13.5. The lowest BCUT2D eigenvalue weighted by Gasteiger charge is -2.07. The highest BCUT2D eigenvalue weighted by Crippen LogP contribution is 2.02. The number of carbonyl (C=O) groups is 1. The number of nitrogens with two attached hydrogens (primary N) is 1. The molecule has 0 fully saturated rings. The molecule has 0 saturated carbocycles. The summed E-state index contributed by atoms with van der Waals surface area (Å²) in [4.78, 5) is 11.2. The van der Waals surface area contributed by atoms with Crippen molar-refractivity contribution in [3.63, 3.8) is 0 Å². The Labute approximate surface area is 99.6 Å². The van der Waals surface area contributed by atoms with Gasteiger partial charge in [0.15, 0.2) is 0 Å². The zero-order valence-corrected chi connectivity index (χ0v) is 10.7. The van der Waals surface area contributed by atoms with Crippen LogP contribution in [-0.4, -0.2) is 19.0 Å². The van der Waals surface area contributed by atoms with Crippen LogP contribution in [0.2, 0.25) is 0 Å². The second kappa shape index (κ2) is 11.8. The van der Waals surface area contributed by atoms with Crippen LogP contribution in [0.3, 0.4) is 0 Å². The Bertz CT molecular complexity index is 152. The molecule has 3 nitrogen and oxygen atoms in total. The first-order chi connectivity index (χ1) is 6.66. The van der Waals surface area contributed by atoms with Crippen molar-refractivity contribution < 1.29 is 4.79 Å². The summed E-state index contributed by atoms with van der Waals surface area (Å²) in [5.74, 6) is 0.725. The van der Waals surface area contributed by atoms with Crippen LogP contribution < -0.4 is 11.1 Å². The van der Waals surface area contributed by atoms with Crippen molar-refractivity contribution >= 4 is 18.3 Å². The molecule has 0 heterocycles.